The van der Waals surface area contributed by atoms with E-state index in [1.54, 1.807) is 20.3 Å². The molecule has 0 aliphatic carbocycles. The second kappa shape index (κ2) is 10.3. The van der Waals surface area contributed by atoms with Crippen LogP contribution in [0.2, 0.25) is 0 Å². The lowest BCUT2D eigenvalue weighted by atomic mass is 10.0. The fourth-order valence-corrected chi connectivity index (χ4v) is 4.64. The van der Waals surface area contributed by atoms with E-state index in [1.165, 1.54) is 0 Å². The van der Waals surface area contributed by atoms with Crippen LogP contribution < -0.4 is 14.4 Å². The summed E-state index contributed by atoms with van der Waals surface area (Å²) in [6, 6.07) is 15.3. The Morgan fingerprint density at radius 1 is 0.971 bits per heavy atom. The van der Waals surface area contributed by atoms with E-state index in [0.29, 0.717) is 50.5 Å². The number of hydrogen-bond acceptors (Lipinski definition) is 7. The maximum Gasteiger partial charge on any atom is 0.254 e. The first kappa shape index (κ1) is 23.1. The molecule has 0 atom stereocenters. The molecule has 1 aromatic heterocycles. The van der Waals surface area contributed by atoms with Crippen LogP contribution in [-0.4, -0.2) is 67.8 Å². The van der Waals surface area contributed by atoms with E-state index in [4.69, 9.17) is 24.2 Å². The van der Waals surface area contributed by atoms with E-state index in [1.807, 2.05) is 41.3 Å². The molecule has 3 aromatic rings. The molecular formula is C27H30N4O4. The van der Waals surface area contributed by atoms with Gasteiger partial charge in [-0.15, -0.1) is 0 Å². The summed E-state index contributed by atoms with van der Waals surface area (Å²) in [5, 5.41) is 0. The molecule has 182 valence electrons. The Morgan fingerprint density at radius 2 is 1.71 bits per heavy atom. The molecule has 2 aliphatic rings. The van der Waals surface area contributed by atoms with Gasteiger partial charge in [0.05, 0.1) is 39.7 Å². The molecule has 0 saturated carbocycles. The number of nitrogens with zero attached hydrogens (tertiary/aromatic N) is 4. The Balaban J connectivity index is 1.46. The SMILES string of the molecule is COc1cccc(Cc2nc3c(c(N4CCOCC4)n2)CN(C(=O)c2cccc(OC)c2)CC3)c1. The van der Waals surface area contributed by atoms with E-state index in [0.717, 1.165) is 47.3 Å². The van der Waals surface area contributed by atoms with Gasteiger partial charge < -0.3 is 24.0 Å². The van der Waals surface area contributed by atoms with Crippen molar-refractivity contribution in [3.05, 3.63) is 76.7 Å². The van der Waals surface area contributed by atoms with Crippen molar-refractivity contribution in [2.45, 2.75) is 19.4 Å². The van der Waals surface area contributed by atoms with Crippen molar-refractivity contribution >= 4 is 11.7 Å². The molecule has 2 aliphatic heterocycles. The van der Waals surface area contributed by atoms with Gasteiger partial charge in [-0.1, -0.05) is 18.2 Å². The predicted octanol–water partition coefficient (Wildman–Crippen LogP) is 3.12. The number of methoxy groups -OCH3 is 2. The van der Waals surface area contributed by atoms with Gasteiger partial charge in [0.2, 0.25) is 0 Å². The first-order valence-electron chi connectivity index (χ1n) is 11.9. The van der Waals surface area contributed by atoms with Crippen LogP contribution in [0.5, 0.6) is 11.5 Å². The lowest BCUT2D eigenvalue weighted by molar-refractivity contribution is 0.0732. The maximum atomic E-state index is 13.3. The van der Waals surface area contributed by atoms with Crippen LogP contribution in [0.3, 0.4) is 0 Å². The molecule has 0 bridgehead atoms. The fourth-order valence-electron chi connectivity index (χ4n) is 4.64. The van der Waals surface area contributed by atoms with Gasteiger partial charge in [-0.2, -0.15) is 0 Å². The normalized spacial score (nSPS) is 15.5. The number of amides is 1. The third-order valence-electron chi connectivity index (χ3n) is 6.50. The Morgan fingerprint density at radius 3 is 2.49 bits per heavy atom. The first-order valence-corrected chi connectivity index (χ1v) is 11.9. The fraction of sp³-hybridized carbons (Fsp3) is 0.370. The van der Waals surface area contributed by atoms with Crippen molar-refractivity contribution in [2.75, 3.05) is 52.0 Å². The lowest BCUT2D eigenvalue weighted by Crippen LogP contribution is -2.41. The Hall–Kier alpha value is -3.65. The van der Waals surface area contributed by atoms with Gasteiger partial charge in [-0.25, -0.2) is 9.97 Å². The van der Waals surface area contributed by atoms with Crippen molar-refractivity contribution in [2.24, 2.45) is 0 Å². The summed E-state index contributed by atoms with van der Waals surface area (Å²) in [4.78, 5) is 27.4. The number of rotatable bonds is 6. The summed E-state index contributed by atoms with van der Waals surface area (Å²) >= 11 is 0. The van der Waals surface area contributed by atoms with Gasteiger partial charge in [0.1, 0.15) is 23.1 Å². The molecule has 0 radical (unpaired) electrons. The molecule has 8 nitrogen and oxygen atoms in total. The maximum absolute atomic E-state index is 13.3. The van der Waals surface area contributed by atoms with E-state index < -0.39 is 0 Å². The molecule has 0 spiro atoms. The molecule has 1 amide bonds. The highest BCUT2D eigenvalue weighted by atomic mass is 16.5. The highest BCUT2D eigenvalue weighted by molar-refractivity contribution is 5.94. The number of carbonyl (C=O) groups is 1. The molecule has 8 heteroatoms. The van der Waals surface area contributed by atoms with Crippen LogP contribution in [0.15, 0.2) is 48.5 Å². The van der Waals surface area contributed by atoms with Crippen molar-refractivity contribution in [1.29, 1.82) is 0 Å². The van der Waals surface area contributed by atoms with Crippen LogP contribution in [0.4, 0.5) is 5.82 Å². The second-order valence-electron chi connectivity index (χ2n) is 8.73. The zero-order chi connectivity index (χ0) is 24.2. The number of ether oxygens (including phenoxy) is 3. The Bertz CT molecular complexity index is 1210. The number of hydrogen-bond donors (Lipinski definition) is 0. The van der Waals surface area contributed by atoms with Gasteiger partial charge >= 0.3 is 0 Å². The number of carbonyl (C=O) groups excluding carboxylic acids is 1. The largest absolute Gasteiger partial charge is 0.497 e. The van der Waals surface area contributed by atoms with Crippen molar-refractivity contribution in [3.8, 4) is 11.5 Å². The van der Waals surface area contributed by atoms with Crippen molar-refractivity contribution in [1.82, 2.24) is 14.9 Å². The van der Waals surface area contributed by atoms with E-state index in [9.17, 15) is 4.79 Å². The third-order valence-corrected chi connectivity index (χ3v) is 6.50. The second-order valence-corrected chi connectivity index (χ2v) is 8.73. The van der Waals surface area contributed by atoms with Crippen molar-refractivity contribution in [3.63, 3.8) is 0 Å². The molecule has 5 rings (SSSR count). The summed E-state index contributed by atoms with van der Waals surface area (Å²) in [5.41, 5.74) is 3.78. The molecule has 1 fully saturated rings. The quantitative estimate of drug-likeness (QED) is 0.543. The lowest BCUT2D eigenvalue weighted by Gasteiger charge is -2.34. The van der Waals surface area contributed by atoms with Crippen LogP contribution in [-0.2, 0) is 24.1 Å². The molecular weight excluding hydrogens is 444 g/mol. The summed E-state index contributed by atoms with van der Waals surface area (Å²) in [7, 11) is 3.28. The summed E-state index contributed by atoms with van der Waals surface area (Å²) in [5.74, 6) is 3.18. The van der Waals surface area contributed by atoms with Gasteiger partial charge in [-0.3, -0.25) is 4.79 Å². The number of benzene rings is 2. The Labute approximate surface area is 205 Å². The van der Waals surface area contributed by atoms with Gasteiger partial charge in [0, 0.05) is 43.6 Å². The number of aromatic nitrogens is 2. The molecule has 0 N–H and O–H groups in total. The van der Waals surface area contributed by atoms with Crippen molar-refractivity contribution < 1.29 is 19.0 Å². The molecule has 3 heterocycles. The predicted molar refractivity (Wildman–Crippen MR) is 132 cm³/mol. The zero-order valence-corrected chi connectivity index (χ0v) is 20.2. The highest BCUT2D eigenvalue weighted by Gasteiger charge is 2.29. The first-order chi connectivity index (χ1) is 17.1. The zero-order valence-electron chi connectivity index (χ0n) is 20.2. The molecule has 0 unspecified atom stereocenters. The molecule has 1 saturated heterocycles. The van der Waals surface area contributed by atoms with E-state index >= 15 is 0 Å². The number of anilines is 1. The Kier molecular flexibility index (Phi) is 6.81. The van der Waals surface area contributed by atoms with Gasteiger partial charge in [-0.05, 0) is 35.9 Å². The molecule has 2 aromatic carbocycles. The number of morpholine rings is 1. The van der Waals surface area contributed by atoms with Gasteiger partial charge in [0.15, 0.2) is 0 Å². The van der Waals surface area contributed by atoms with Crippen LogP contribution in [0.1, 0.15) is 33.0 Å². The minimum absolute atomic E-state index is 0.0112. The monoisotopic (exact) mass is 474 g/mol. The number of fused-ring (bicyclic) bond motifs is 1. The smallest absolute Gasteiger partial charge is 0.254 e. The van der Waals surface area contributed by atoms with Gasteiger partial charge in [0.25, 0.3) is 5.91 Å². The average Bonchev–Trinajstić information content (AvgIpc) is 2.92. The van der Waals surface area contributed by atoms with Crippen LogP contribution >= 0.6 is 0 Å². The van der Waals surface area contributed by atoms with Crippen LogP contribution in [0, 0.1) is 0 Å². The summed E-state index contributed by atoms with van der Waals surface area (Å²) in [6.45, 7) is 3.96. The van der Waals surface area contributed by atoms with E-state index in [-0.39, 0.29) is 5.91 Å². The van der Waals surface area contributed by atoms with E-state index in [2.05, 4.69) is 11.0 Å². The standard InChI is InChI=1S/C27H30N4O4/c1-33-21-7-3-5-19(15-21)16-25-28-24-9-10-31(27(32)20-6-4-8-22(17-20)34-2)18-23(24)26(29-25)30-11-13-35-14-12-30/h3-8,15,17H,9-14,16,18H2,1-2H3. The average molecular weight is 475 g/mol. The minimum atomic E-state index is -0.0112. The summed E-state index contributed by atoms with van der Waals surface area (Å²) in [6.07, 6.45) is 1.31. The summed E-state index contributed by atoms with van der Waals surface area (Å²) < 4.78 is 16.3. The third kappa shape index (κ3) is 5.07. The topological polar surface area (TPSA) is 77.0 Å². The van der Waals surface area contributed by atoms with Crippen LogP contribution in [0.25, 0.3) is 0 Å². The minimum Gasteiger partial charge on any atom is -0.497 e. The highest BCUT2D eigenvalue weighted by Crippen LogP contribution is 2.29. The molecule has 35 heavy (non-hydrogen) atoms.